The van der Waals surface area contributed by atoms with Gasteiger partial charge >= 0.3 is 0 Å². The Kier molecular flexibility index (Phi) is 3.98. The highest BCUT2D eigenvalue weighted by Crippen LogP contribution is 2.06. The number of hydrogen-bond acceptors (Lipinski definition) is 5. The normalized spacial score (nSPS) is 9.69. The van der Waals surface area contributed by atoms with Crippen LogP contribution >= 0.6 is 0 Å². The van der Waals surface area contributed by atoms with E-state index in [1.165, 1.54) is 0 Å². The standard InChI is InChI=1S/C8H13N3O2/c1-9-8-10-4-3-7(11-8)13-6-5-12-2/h3-4H,5-6H2,1-2H3,(H,9,10,11). The minimum Gasteiger partial charge on any atom is -0.475 e. The second kappa shape index (κ2) is 5.31. The Balaban J connectivity index is 2.46. The van der Waals surface area contributed by atoms with Crippen molar-refractivity contribution in [1.29, 1.82) is 0 Å². The molecule has 0 aromatic carbocycles. The maximum absolute atomic E-state index is 5.27. The Morgan fingerprint density at radius 1 is 1.46 bits per heavy atom. The third-order valence-corrected chi connectivity index (χ3v) is 1.39. The van der Waals surface area contributed by atoms with Crippen LogP contribution in [0, 0.1) is 0 Å². The lowest BCUT2D eigenvalue weighted by molar-refractivity contribution is 0.144. The molecule has 1 aromatic heterocycles. The summed E-state index contributed by atoms with van der Waals surface area (Å²) in [4.78, 5) is 8.02. The average molecular weight is 183 g/mol. The predicted molar refractivity (Wildman–Crippen MR) is 48.9 cm³/mol. The van der Waals surface area contributed by atoms with Crippen LogP contribution in [0.3, 0.4) is 0 Å². The summed E-state index contributed by atoms with van der Waals surface area (Å²) in [7, 11) is 3.39. The number of hydrogen-bond donors (Lipinski definition) is 1. The van der Waals surface area contributed by atoms with Gasteiger partial charge < -0.3 is 14.8 Å². The van der Waals surface area contributed by atoms with Crippen LogP contribution in [0.1, 0.15) is 0 Å². The lowest BCUT2D eigenvalue weighted by Crippen LogP contribution is -2.06. The van der Waals surface area contributed by atoms with E-state index < -0.39 is 0 Å². The lowest BCUT2D eigenvalue weighted by atomic mass is 10.6. The molecule has 0 spiro atoms. The molecule has 0 radical (unpaired) electrons. The van der Waals surface area contributed by atoms with Gasteiger partial charge in [0.2, 0.25) is 11.8 Å². The molecule has 13 heavy (non-hydrogen) atoms. The second-order valence-corrected chi connectivity index (χ2v) is 2.31. The highest BCUT2D eigenvalue weighted by molar-refractivity contribution is 5.25. The first-order chi connectivity index (χ1) is 6.36. The Hall–Kier alpha value is -1.36. The third kappa shape index (κ3) is 3.25. The summed E-state index contributed by atoms with van der Waals surface area (Å²) in [6.45, 7) is 1.05. The quantitative estimate of drug-likeness (QED) is 0.675. The van der Waals surface area contributed by atoms with E-state index in [2.05, 4.69) is 15.3 Å². The van der Waals surface area contributed by atoms with Gasteiger partial charge in [0.1, 0.15) is 6.61 Å². The highest BCUT2D eigenvalue weighted by atomic mass is 16.5. The molecular formula is C8H13N3O2. The first-order valence-corrected chi connectivity index (χ1v) is 3.99. The van der Waals surface area contributed by atoms with Crippen molar-refractivity contribution in [3.05, 3.63) is 12.3 Å². The van der Waals surface area contributed by atoms with Crippen LogP contribution in [0.2, 0.25) is 0 Å². The van der Waals surface area contributed by atoms with Crippen LogP contribution < -0.4 is 10.1 Å². The molecule has 1 aromatic rings. The van der Waals surface area contributed by atoms with Crippen molar-refractivity contribution in [2.75, 3.05) is 32.7 Å². The molecular weight excluding hydrogens is 170 g/mol. The zero-order valence-corrected chi connectivity index (χ0v) is 7.78. The van der Waals surface area contributed by atoms with Crippen LogP contribution in [0.4, 0.5) is 5.95 Å². The molecule has 0 saturated heterocycles. The van der Waals surface area contributed by atoms with Gasteiger partial charge in [0.15, 0.2) is 0 Å². The van der Waals surface area contributed by atoms with Crippen LogP contribution in [-0.4, -0.2) is 37.3 Å². The first-order valence-electron chi connectivity index (χ1n) is 3.99. The zero-order chi connectivity index (χ0) is 9.52. The SMILES string of the molecule is CNc1nccc(OCCOC)n1. The number of ether oxygens (including phenoxy) is 2. The molecule has 0 unspecified atom stereocenters. The van der Waals surface area contributed by atoms with Gasteiger partial charge in [0, 0.05) is 26.4 Å². The molecule has 1 rings (SSSR count). The minimum absolute atomic E-state index is 0.497. The first kappa shape index (κ1) is 9.73. The van der Waals surface area contributed by atoms with E-state index in [0.717, 1.165) is 0 Å². The highest BCUT2D eigenvalue weighted by Gasteiger charge is 1.96. The Labute approximate surface area is 77.1 Å². The van der Waals surface area contributed by atoms with Gasteiger partial charge in [-0.05, 0) is 0 Å². The number of nitrogens with one attached hydrogen (secondary N) is 1. The molecule has 0 fully saturated rings. The van der Waals surface area contributed by atoms with Gasteiger partial charge in [-0.1, -0.05) is 0 Å². The van der Waals surface area contributed by atoms with E-state index in [1.54, 1.807) is 26.4 Å². The van der Waals surface area contributed by atoms with Crippen molar-refractivity contribution in [3.63, 3.8) is 0 Å². The van der Waals surface area contributed by atoms with Gasteiger partial charge in [0.25, 0.3) is 0 Å². The summed E-state index contributed by atoms with van der Waals surface area (Å²) in [6.07, 6.45) is 1.64. The Morgan fingerprint density at radius 3 is 3.00 bits per heavy atom. The molecule has 5 nitrogen and oxygen atoms in total. The molecule has 72 valence electrons. The maximum atomic E-state index is 5.27. The van der Waals surface area contributed by atoms with E-state index in [0.29, 0.717) is 25.0 Å². The third-order valence-electron chi connectivity index (χ3n) is 1.39. The maximum Gasteiger partial charge on any atom is 0.225 e. The number of aromatic nitrogens is 2. The molecule has 0 aliphatic carbocycles. The van der Waals surface area contributed by atoms with Crippen molar-refractivity contribution < 1.29 is 9.47 Å². The second-order valence-electron chi connectivity index (χ2n) is 2.31. The molecule has 1 heterocycles. The van der Waals surface area contributed by atoms with Crippen molar-refractivity contribution in [2.45, 2.75) is 0 Å². The summed E-state index contributed by atoms with van der Waals surface area (Å²) in [5.74, 6) is 1.10. The summed E-state index contributed by atoms with van der Waals surface area (Å²) in [6, 6.07) is 1.70. The monoisotopic (exact) mass is 183 g/mol. The Bertz CT molecular complexity index is 255. The van der Waals surface area contributed by atoms with Crippen molar-refractivity contribution >= 4 is 5.95 Å². The molecule has 1 N–H and O–H groups in total. The van der Waals surface area contributed by atoms with Crippen molar-refractivity contribution in [3.8, 4) is 5.88 Å². The van der Waals surface area contributed by atoms with Gasteiger partial charge in [-0.3, -0.25) is 0 Å². The van der Waals surface area contributed by atoms with E-state index in [4.69, 9.17) is 9.47 Å². The van der Waals surface area contributed by atoms with E-state index in [-0.39, 0.29) is 0 Å². The Morgan fingerprint density at radius 2 is 2.31 bits per heavy atom. The van der Waals surface area contributed by atoms with Gasteiger partial charge in [-0.15, -0.1) is 0 Å². The van der Waals surface area contributed by atoms with Gasteiger partial charge in [0.05, 0.1) is 6.61 Å². The van der Waals surface area contributed by atoms with Crippen LogP contribution in [-0.2, 0) is 4.74 Å². The molecule has 5 heteroatoms. The number of anilines is 1. The predicted octanol–water partition coefficient (Wildman–Crippen LogP) is 0.543. The average Bonchev–Trinajstić information content (AvgIpc) is 2.19. The lowest BCUT2D eigenvalue weighted by Gasteiger charge is -2.04. The van der Waals surface area contributed by atoms with Gasteiger partial charge in [-0.2, -0.15) is 4.98 Å². The van der Waals surface area contributed by atoms with Crippen LogP contribution in [0.15, 0.2) is 12.3 Å². The molecule has 0 saturated carbocycles. The van der Waals surface area contributed by atoms with E-state index in [9.17, 15) is 0 Å². The molecule has 0 atom stereocenters. The number of rotatable bonds is 5. The smallest absolute Gasteiger partial charge is 0.225 e. The zero-order valence-electron chi connectivity index (χ0n) is 7.78. The van der Waals surface area contributed by atoms with Crippen molar-refractivity contribution in [1.82, 2.24) is 9.97 Å². The van der Waals surface area contributed by atoms with Crippen LogP contribution in [0.5, 0.6) is 5.88 Å². The van der Waals surface area contributed by atoms with Gasteiger partial charge in [-0.25, -0.2) is 4.98 Å². The molecule has 0 amide bonds. The van der Waals surface area contributed by atoms with E-state index >= 15 is 0 Å². The summed E-state index contributed by atoms with van der Waals surface area (Å²) >= 11 is 0. The van der Waals surface area contributed by atoms with E-state index in [1.807, 2.05) is 0 Å². The number of nitrogens with zero attached hydrogens (tertiary/aromatic N) is 2. The molecule has 0 aliphatic heterocycles. The topological polar surface area (TPSA) is 56.3 Å². The summed E-state index contributed by atoms with van der Waals surface area (Å²) in [5, 5.41) is 2.82. The minimum atomic E-state index is 0.497. The van der Waals surface area contributed by atoms with Crippen LogP contribution in [0.25, 0.3) is 0 Å². The molecule has 0 bridgehead atoms. The summed E-state index contributed by atoms with van der Waals surface area (Å²) in [5.41, 5.74) is 0. The largest absolute Gasteiger partial charge is 0.475 e. The van der Waals surface area contributed by atoms with Crippen molar-refractivity contribution in [2.24, 2.45) is 0 Å². The fourth-order valence-electron chi connectivity index (χ4n) is 0.773. The fraction of sp³-hybridized carbons (Fsp3) is 0.500. The molecule has 0 aliphatic rings. The number of methoxy groups -OCH3 is 1. The summed E-state index contributed by atoms with van der Waals surface area (Å²) < 4.78 is 10.1. The fourth-order valence-corrected chi connectivity index (χ4v) is 0.773.